The molecule has 5 aromatic rings. The molecule has 0 aliphatic carbocycles. The van der Waals surface area contributed by atoms with E-state index in [1.165, 1.54) is 0 Å². The maximum absolute atomic E-state index is 14.2. The van der Waals surface area contributed by atoms with Crippen LogP contribution in [0.5, 0.6) is 11.5 Å². The zero-order valence-electron chi connectivity index (χ0n) is 23.4. The lowest BCUT2D eigenvalue weighted by Crippen LogP contribution is -2.38. The van der Waals surface area contributed by atoms with Gasteiger partial charge in [-0.2, -0.15) is 5.10 Å². The van der Waals surface area contributed by atoms with E-state index in [2.05, 4.69) is 41.2 Å². The van der Waals surface area contributed by atoms with Crippen molar-refractivity contribution in [2.45, 2.75) is 32.9 Å². The van der Waals surface area contributed by atoms with E-state index < -0.39 is 0 Å². The fraction of sp³-hybridized carbons (Fsp3) is 0.212. The van der Waals surface area contributed by atoms with Crippen LogP contribution in [0, 0.1) is 0 Å². The van der Waals surface area contributed by atoms with Crippen molar-refractivity contribution in [2.24, 2.45) is 0 Å². The summed E-state index contributed by atoms with van der Waals surface area (Å²) in [6, 6.07) is 29.0. The van der Waals surface area contributed by atoms with Crippen LogP contribution in [0.2, 0.25) is 0 Å². The van der Waals surface area contributed by atoms with E-state index in [0.29, 0.717) is 18.8 Å². The zero-order valence-corrected chi connectivity index (χ0v) is 23.4. The number of hydrogen-bond donors (Lipinski definition) is 1. The standard InChI is InChI=1S/C33H33N5O3/c1-4-29-28-22-37(33(39)34-24-16-18-26(19-17-24)41-5-2)31(23-11-9-14-27(21-23)40-3)30-15-10-20-36(30)32(28)38(35-29)25-12-7-6-8-13-25/h6-21,31H,4-5,22H2,1-3H3,(H,34,39). The topological polar surface area (TPSA) is 73.5 Å². The quantitative estimate of drug-likeness (QED) is 0.244. The lowest BCUT2D eigenvalue weighted by molar-refractivity contribution is 0.194. The van der Waals surface area contributed by atoms with Gasteiger partial charge in [-0.15, -0.1) is 0 Å². The Morgan fingerprint density at radius 1 is 0.951 bits per heavy atom. The minimum absolute atomic E-state index is 0.211. The van der Waals surface area contributed by atoms with Crippen molar-refractivity contribution < 1.29 is 14.3 Å². The second-order valence-corrected chi connectivity index (χ2v) is 9.85. The van der Waals surface area contributed by atoms with Gasteiger partial charge in [-0.1, -0.05) is 37.3 Å². The molecule has 6 rings (SSSR count). The van der Waals surface area contributed by atoms with Gasteiger partial charge >= 0.3 is 6.03 Å². The second kappa shape index (κ2) is 11.3. The van der Waals surface area contributed by atoms with Crippen LogP contribution in [-0.4, -0.2) is 39.0 Å². The maximum Gasteiger partial charge on any atom is 0.322 e. The third-order valence-electron chi connectivity index (χ3n) is 7.39. The van der Waals surface area contributed by atoms with Gasteiger partial charge in [-0.3, -0.25) is 0 Å². The predicted octanol–water partition coefficient (Wildman–Crippen LogP) is 6.77. The number of carbonyl (C=O) groups is 1. The van der Waals surface area contributed by atoms with Crippen molar-refractivity contribution in [2.75, 3.05) is 19.0 Å². The molecule has 1 N–H and O–H groups in total. The molecule has 8 heteroatoms. The van der Waals surface area contributed by atoms with E-state index in [1.807, 2.05) is 89.3 Å². The Bertz CT molecular complexity index is 1660. The summed E-state index contributed by atoms with van der Waals surface area (Å²) in [6.07, 6.45) is 2.78. The van der Waals surface area contributed by atoms with E-state index >= 15 is 0 Å². The molecule has 3 heterocycles. The van der Waals surface area contributed by atoms with Gasteiger partial charge in [0.15, 0.2) is 0 Å². The van der Waals surface area contributed by atoms with Gasteiger partial charge in [-0.05, 0) is 79.6 Å². The van der Waals surface area contributed by atoms with Crippen molar-refractivity contribution in [1.29, 1.82) is 0 Å². The third-order valence-corrected chi connectivity index (χ3v) is 7.39. The first-order valence-corrected chi connectivity index (χ1v) is 13.9. The number of methoxy groups -OCH3 is 1. The summed E-state index contributed by atoms with van der Waals surface area (Å²) >= 11 is 0. The van der Waals surface area contributed by atoms with E-state index in [9.17, 15) is 4.79 Å². The van der Waals surface area contributed by atoms with E-state index in [1.54, 1.807) is 7.11 Å². The molecule has 1 atom stereocenters. The summed E-state index contributed by atoms with van der Waals surface area (Å²) in [6.45, 7) is 5.00. The highest BCUT2D eigenvalue weighted by molar-refractivity contribution is 5.90. The Labute approximate surface area is 239 Å². The number of aromatic nitrogens is 3. The molecule has 0 saturated heterocycles. The number of amides is 2. The number of para-hydroxylation sites is 1. The minimum atomic E-state index is -0.385. The van der Waals surface area contributed by atoms with Crippen LogP contribution in [-0.2, 0) is 13.0 Å². The SMILES string of the molecule is CCOc1ccc(NC(=O)N2Cc3c(CC)nn(-c4ccccc4)c3-n3cccc3C2c2cccc(OC)c2)cc1. The van der Waals surface area contributed by atoms with Crippen molar-refractivity contribution >= 4 is 11.7 Å². The number of nitrogens with zero attached hydrogens (tertiary/aromatic N) is 4. The smallest absolute Gasteiger partial charge is 0.322 e. The Kier molecular flexibility index (Phi) is 7.20. The first kappa shape index (κ1) is 26.3. The Hall–Kier alpha value is -4.98. The summed E-state index contributed by atoms with van der Waals surface area (Å²) in [5.41, 5.74) is 5.54. The molecule has 208 valence electrons. The number of carbonyl (C=O) groups excluding carboxylic acids is 1. The highest BCUT2D eigenvalue weighted by Gasteiger charge is 2.36. The number of ether oxygens (including phenoxy) is 2. The molecule has 3 aromatic carbocycles. The summed E-state index contributed by atoms with van der Waals surface area (Å²) in [4.78, 5) is 16.1. The fourth-order valence-electron chi connectivity index (χ4n) is 5.51. The van der Waals surface area contributed by atoms with Crippen LogP contribution in [0.1, 0.15) is 42.4 Å². The van der Waals surface area contributed by atoms with Crippen molar-refractivity contribution in [1.82, 2.24) is 19.2 Å². The molecule has 0 bridgehead atoms. The summed E-state index contributed by atoms with van der Waals surface area (Å²) in [5.74, 6) is 2.44. The van der Waals surface area contributed by atoms with Crippen LogP contribution in [0.15, 0.2) is 97.2 Å². The minimum Gasteiger partial charge on any atom is -0.497 e. The van der Waals surface area contributed by atoms with E-state index in [4.69, 9.17) is 14.6 Å². The highest BCUT2D eigenvalue weighted by atomic mass is 16.5. The van der Waals surface area contributed by atoms with Crippen LogP contribution in [0.4, 0.5) is 10.5 Å². The van der Waals surface area contributed by atoms with Gasteiger partial charge in [0.1, 0.15) is 17.3 Å². The molecule has 1 aliphatic rings. The van der Waals surface area contributed by atoms with Gasteiger partial charge in [0.2, 0.25) is 0 Å². The van der Waals surface area contributed by atoms with Gasteiger partial charge < -0.3 is 24.3 Å². The molecule has 0 fully saturated rings. The lowest BCUT2D eigenvalue weighted by atomic mass is 10.0. The van der Waals surface area contributed by atoms with Crippen molar-refractivity contribution in [3.05, 3.63) is 120 Å². The van der Waals surface area contributed by atoms with Crippen LogP contribution in [0.3, 0.4) is 0 Å². The summed E-state index contributed by atoms with van der Waals surface area (Å²) in [7, 11) is 1.66. The second-order valence-electron chi connectivity index (χ2n) is 9.85. The molecular formula is C33H33N5O3. The zero-order chi connectivity index (χ0) is 28.3. The molecule has 8 nitrogen and oxygen atoms in total. The van der Waals surface area contributed by atoms with Crippen molar-refractivity contribution in [3.8, 4) is 23.0 Å². The van der Waals surface area contributed by atoms with Crippen LogP contribution in [0.25, 0.3) is 11.5 Å². The van der Waals surface area contributed by atoms with E-state index in [0.717, 1.165) is 51.9 Å². The Morgan fingerprint density at radius 3 is 2.49 bits per heavy atom. The number of urea groups is 1. The third kappa shape index (κ3) is 4.93. The number of benzene rings is 3. The molecule has 1 aliphatic heterocycles. The van der Waals surface area contributed by atoms with Gasteiger partial charge in [0.25, 0.3) is 0 Å². The molecule has 1 unspecified atom stereocenters. The number of fused-ring (bicyclic) bond motifs is 3. The van der Waals surface area contributed by atoms with Crippen molar-refractivity contribution in [3.63, 3.8) is 0 Å². The number of aryl methyl sites for hydroxylation is 1. The number of rotatable bonds is 7. The highest BCUT2D eigenvalue weighted by Crippen LogP contribution is 2.39. The van der Waals surface area contributed by atoms with Gasteiger partial charge in [0, 0.05) is 17.4 Å². The fourth-order valence-corrected chi connectivity index (χ4v) is 5.51. The molecule has 0 saturated carbocycles. The lowest BCUT2D eigenvalue weighted by Gasteiger charge is -2.31. The molecule has 2 aromatic heterocycles. The molecular weight excluding hydrogens is 514 g/mol. The average molecular weight is 548 g/mol. The first-order chi connectivity index (χ1) is 20.1. The van der Waals surface area contributed by atoms with Gasteiger partial charge in [-0.25, -0.2) is 9.48 Å². The summed E-state index contributed by atoms with van der Waals surface area (Å²) < 4.78 is 15.3. The van der Waals surface area contributed by atoms with Gasteiger partial charge in [0.05, 0.1) is 43.4 Å². The van der Waals surface area contributed by atoms with E-state index in [-0.39, 0.29) is 12.1 Å². The number of anilines is 1. The summed E-state index contributed by atoms with van der Waals surface area (Å²) in [5, 5.41) is 8.16. The van der Waals surface area contributed by atoms with Crippen LogP contribution < -0.4 is 14.8 Å². The molecule has 2 amide bonds. The first-order valence-electron chi connectivity index (χ1n) is 13.9. The normalized spacial score (nSPS) is 14.1. The Morgan fingerprint density at radius 2 is 1.76 bits per heavy atom. The predicted molar refractivity (Wildman–Crippen MR) is 159 cm³/mol. The Balaban J connectivity index is 1.50. The molecule has 0 radical (unpaired) electrons. The number of hydrogen-bond acceptors (Lipinski definition) is 4. The molecule has 41 heavy (non-hydrogen) atoms. The molecule has 0 spiro atoms. The number of nitrogens with one attached hydrogen (secondary N) is 1. The largest absolute Gasteiger partial charge is 0.497 e. The van der Waals surface area contributed by atoms with Crippen LogP contribution >= 0.6 is 0 Å². The maximum atomic E-state index is 14.2. The average Bonchev–Trinajstić information content (AvgIpc) is 3.59. The monoisotopic (exact) mass is 547 g/mol.